The van der Waals surface area contributed by atoms with Crippen LogP contribution in [-0.4, -0.2) is 21.1 Å². The predicted molar refractivity (Wildman–Crippen MR) is 133 cm³/mol. The van der Waals surface area contributed by atoms with E-state index in [0.717, 1.165) is 0 Å². The molecule has 1 fully saturated rings. The van der Waals surface area contributed by atoms with Gasteiger partial charge in [-0.25, -0.2) is 0 Å². The second-order valence-corrected chi connectivity index (χ2v) is 10.2. The van der Waals surface area contributed by atoms with Crippen molar-refractivity contribution in [3.05, 3.63) is 92.7 Å². The summed E-state index contributed by atoms with van der Waals surface area (Å²) >= 11 is 31.2. The second kappa shape index (κ2) is 9.69. The number of rotatable bonds is 6. The van der Waals surface area contributed by atoms with E-state index in [1.54, 1.807) is 42.6 Å². The number of hydrogen-bond donors (Lipinski definition) is 2. The summed E-state index contributed by atoms with van der Waals surface area (Å²) in [5, 5.41) is 6.61. The first-order valence-corrected chi connectivity index (χ1v) is 11.7. The molecule has 0 spiro atoms. The van der Waals surface area contributed by atoms with Crippen LogP contribution in [0.1, 0.15) is 27.5 Å². The third-order valence-corrected chi connectivity index (χ3v) is 6.92. The lowest BCUT2D eigenvalue weighted by Crippen LogP contribution is -2.24. The summed E-state index contributed by atoms with van der Waals surface area (Å²) in [6, 6.07) is 15.0. The largest absolute Gasteiger partial charge is 0.346 e. The monoisotopic (exact) mass is 541 g/mol. The minimum Gasteiger partial charge on any atom is -0.346 e. The molecule has 2 amide bonds. The van der Waals surface area contributed by atoms with Crippen LogP contribution in [0, 0.1) is 5.92 Å². The van der Waals surface area contributed by atoms with E-state index in [9.17, 15) is 9.59 Å². The summed E-state index contributed by atoms with van der Waals surface area (Å²) in [6.07, 6.45) is 1.64. The van der Waals surface area contributed by atoms with Gasteiger partial charge in [0.2, 0.25) is 5.91 Å². The number of nitrogens with zero attached hydrogens (tertiary/aromatic N) is 1. The Morgan fingerprint density at radius 2 is 1.70 bits per heavy atom. The molecule has 2 unspecified atom stereocenters. The van der Waals surface area contributed by atoms with Crippen molar-refractivity contribution in [1.29, 1.82) is 0 Å². The van der Waals surface area contributed by atoms with Gasteiger partial charge in [-0.05, 0) is 54.1 Å². The maximum absolute atomic E-state index is 12.9. The molecule has 3 aromatic rings. The maximum Gasteiger partial charge on any atom is 0.253 e. The summed E-state index contributed by atoms with van der Waals surface area (Å²) < 4.78 is -1.31. The van der Waals surface area contributed by atoms with E-state index >= 15 is 0 Å². The first kappa shape index (κ1) is 24.1. The Kier molecular flexibility index (Phi) is 7.08. The number of hydrogen-bond acceptors (Lipinski definition) is 3. The van der Waals surface area contributed by atoms with Crippen LogP contribution in [0.4, 0.5) is 5.69 Å². The summed E-state index contributed by atoms with van der Waals surface area (Å²) in [5.74, 6) is -2.01. The van der Waals surface area contributed by atoms with E-state index in [1.807, 2.05) is 6.07 Å². The van der Waals surface area contributed by atoms with E-state index in [2.05, 4.69) is 15.6 Å². The summed E-state index contributed by atoms with van der Waals surface area (Å²) in [5.41, 5.74) is 1.96. The van der Waals surface area contributed by atoms with Gasteiger partial charge < -0.3 is 10.6 Å². The summed E-state index contributed by atoms with van der Waals surface area (Å²) in [7, 11) is 0. The van der Waals surface area contributed by atoms with Crippen molar-refractivity contribution in [3.8, 4) is 0 Å². The zero-order valence-corrected chi connectivity index (χ0v) is 20.6. The Labute approximate surface area is 215 Å². The third-order valence-electron chi connectivity index (χ3n) is 5.21. The molecule has 1 aromatic heterocycles. The van der Waals surface area contributed by atoms with Crippen molar-refractivity contribution in [2.24, 2.45) is 5.92 Å². The number of nitrogens with one attached hydrogen (secondary N) is 2. The number of benzene rings is 2. The third kappa shape index (κ3) is 5.39. The lowest BCUT2D eigenvalue weighted by Gasteiger charge is -2.10. The van der Waals surface area contributed by atoms with Crippen molar-refractivity contribution >= 4 is 75.5 Å². The van der Waals surface area contributed by atoms with Crippen LogP contribution >= 0.6 is 58.0 Å². The number of carbonyl (C=O) groups is 2. The molecule has 2 aromatic carbocycles. The standard InChI is InChI=1S/C23H16Cl5N3O2/c24-13-7-12(8-14(25)9-13)19-20(23(19,27)28)22(33)31-15-4-5-18(26)17(10-15)21(32)30-11-16-3-1-2-6-29-16/h1-10,19-20H,11H2,(H,30,32)(H,31,33). The number of halogens is 5. The summed E-state index contributed by atoms with van der Waals surface area (Å²) in [4.78, 5) is 29.7. The molecule has 5 nitrogen and oxygen atoms in total. The molecule has 1 heterocycles. The maximum atomic E-state index is 12.9. The quantitative estimate of drug-likeness (QED) is 0.349. The zero-order valence-electron chi connectivity index (χ0n) is 16.8. The van der Waals surface area contributed by atoms with Crippen molar-refractivity contribution in [1.82, 2.24) is 10.3 Å². The normalized spacial score (nSPS) is 18.5. The molecule has 0 aliphatic heterocycles. The lowest BCUT2D eigenvalue weighted by atomic mass is 10.1. The average molecular weight is 544 g/mol. The highest BCUT2D eigenvalue weighted by molar-refractivity contribution is 6.53. The lowest BCUT2D eigenvalue weighted by molar-refractivity contribution is -0.117. The molecule has 170 valence electrons. The molecular weight excluding hydrogens is 528 g/mol. The van der Waals surface area contributed by atoms with Gasteiger partial charge in [-0.1, -0.05) is 40.9 Å². The molecule has 1 aliphatic rings. The van der Waals surface area contributed by atoms with Crippen molar-refractivity contribution < 1.29 is 9.59 Å². The van der Waals surface area contributed by atoms with Gasteiger partial charge in [0.1, 0.15) is 4.33 Å². The second-order valence-electron chi connectivity index (χ2n) is 7.52. The number of aromatic nitrogens is 1. The van der Waals surface area contributed by atoms with Crippen LogP contribution in [0.25, 0.3) is 0 Å². The first-order chi connectivity index (χ1) is 15.7. The number of amides is 2. The van der Waals surface area contributed by atoms with Crippen LogP contribution in [0.3, 0.4) is 0 Å². The predicted octanol–water partition coefficient (Wildman–Crippen LogP) is 6.50. The van der Waals surface area contributed by atoms with Crippen LogP contribution in [0.15, 0.2) is 60.8 Å². The molecule has 0 saturated heterocycles. The van der Waals surface area contributed by atoms with Gasteiger partial charge in [-0.2, -0.15) is 0 Å². The molecule has 1 aliphatic carbocycles. The Bertz CT molecular complexity index is 1200. The van der Waals surface area contributed by atoms with E-state index in [4.69, 9.17) is 58.0 Å². The molecule has 4 rings (SSSR count). The Morgan fingerprint density at radius 3 is 2.36 bits per heavy atom. The van der Waals surface area contributed by atoms with Crippen molar-refractivity contribution in [3.63, 3.8) is 0 Å². The van der Waals surface area contributed by atoms with Crippen molar-refractivity contribution in [2.45, 2.75) is 16.8 Å². The van der Waals surface area contributed by atoms with Gasteiger partial charge in [0.25, 0.3) is 5.91 Å². The smallest absolute Gasteiger partial charge is 0.253 e. The minimum atomic E-state index is -1.31. The van der Waals surface area contributed by atoms with E-state index in [-0.39, 0.29) is 17.1 Å². The molecule has 0 bridgehead atoms. The highest BCUT2D eigenvalue weighted by Crippen LogP contribution is 2.65. The highest BCUT2D eigenvalue weighted by Gasteiger charge is 2.67. The molecular formula is C23H16Cl5N3O2. The topological polar surface area (TPSA) is 71.1 Å². The van der Waals surface area contributed by atoms with Crippen LogP contribution in [0.5, 0.6) is 0 Å². The average Bonchev–Trinajstić information content (AvgIpc) is 3.35. The SMILES string of the molecule is O=C(NCc1ccccn1)c1cc(NC(=O)C2C(c3cc(Cl)cc(Cl)c3)C2(Cl)Cl)ccc1Cl. The fourth-order valence-corrected chi connectivity index (χ4v) is 5.16. The minimum absolute atomic E-state index is 0.211. The Balaban J connectivity index is 1.46. The summed E-state index contributed by atoms with van der Waals surface area (Å²) in [6.45, 7) is 0.236. The van der Waals surface area contributed by atoms with Gasteiger partial charge in [-0.3, -0.25) is 14.6 Å². The van der Waals surface area contributed by atoms with Crippen LogP contribution in [-0.2, 0) is 11.3 Å². The van der Waals surface area contributed by atoms with Gasteiger partial charge in [0.05, 0.1) is 28.7 Å². The first-order valence-electron chi connectivity index (χ1n) is 9.79. The Hall–Kier alpha value is -2.02. The number of carbonyl (C=O) groups excluding carboxylic acids is 2. The molecule has 2 atom stereocenters. The van der Waals surface area contributed by atoms with Gasteiger partial charge in [0.15, 0.2) is 0 Å². The Morgan fingerprint density at radius 1 is 0.970 bits per heavy atom. The highest BCUT2D eigenvalue weighted by atomic mass is 35.5. The molecule has 2 N–H and O–H groups in total. The fraction of sp³-hybridized carbons (Fsp3) is 0.174. The van der Waals surface area contributed by atoms with Crippen molar-refractivity contribution in [2.75, 3.05) is 5.32 Å². The molecule has 10 heteroatoms. The van der Waals surface area contributed by atoms with E-state index < -0.39 is 28.0 Å². The zero-order chi connectivity index (χ0) is 23.8. The van der Waals surface area contributed by atoms with Gasteiger partial charge in [-0.15, -0.1) is 23.2 Å². The molecule has 33 heavy (non-hydrogen) atoms. The van der Waals surface area contributed by atoms with E-state index in [1.165, 1.54) is 12.1 Å². The number of anilines is 1. The number of pyridine rings is 1. The fourth-order valence-electron chi connectivity index (χ4n) is 3.59. The van der Waals surface area contributed by atoms with Crippen LogP contribution in [0.2, 0.25) is 15.1 Å². The van der Waals surface area contributed by atoms with Crippen LogP contribution < -0.4 is 10.6 Å². The molecule has 0 radical (unpaired) electrons. The number of alkyl halides is 2. The van der Waals surface area contributed by atoms with Gasteiger partial charge >= 0.3 is 0 Å². The van der Waals surface area contributed by atoms with E-state index in [0.29, 0.717) is 27.0 Å². The molecule has 1 saturated carbocycles. The van der Waals surface area contributed by atoms with Gasteiger partial charge in [0, 0.05) is 27.8 Å².